The number of nitrogens with zero attached hydrogens (tertiary/aromatic N) is 3. The van der Waals surface area contributed by atoms with Crippen LogP contribution in [0.5, 0.6) is 11.6 Å². The van der Waals surface area contributed by atoms with E-state index in [0.717, 1.165) is 30.5 Å². The summed E-state index contributed by atoms with van der Waals surface area (Å²) in [5, 5.41) is 13.6. The zero-order chi connectivity index (χ0) is 25.5. The molecule has 2 aromatic carbocycles. The monoisotopic (exact) mass is 497 g/mol. The number of pyridine rings is 1. The maximum absolute atomic E-state index is 12.8. The van der Waals surface area contributed by atoms with Gasteiger partial charge in [-0.05, 0) is 60.9 Å². The molecule has 1 atom stereocenters. The summed E-state index contributed by atoms with van der Waals surface area (Å²) >= 11 is 0. The highest BCUT2D eigenvalue weighted by Crippen LogP contribution is 2.36. The van der Waals surface area contributed by atoms with Crippen LogP contribution in [0.15, 0.2) is 54.7 Å². The Morgan fingerprint density at radius 1 is 1.19 bits per heavy atom. The summed E-state index contributed by atoms with van der Waals surface area (Å²) in [7, 11) is 1.57. The van der Waals surface area contributed by atoms with Gasteiger partial charge in [0.2, 0.25) is 11.8 Å². The quantitative estimate of drug-likeness (QED) is 0.358. The van der Waals surface area contributed by atoms with Crippen molar-refractivity contribution >= 4 is 22.8 Å². The molecule has 1 saturated heterocycles. The van der Waals surface area contributed by atoms with E-state index in [2.05, 4.69) is 20.3 Å². The molecular weight excluding hydrogens is 470 g/mol. The molecule has 188 valence electrons. The van der Waals surface area contributed by atoms with Gasteiger partial charge >= 0.3 is 0 Å². The maximum Gasteiger partial charge on any atom is 0.251 e. The topological polar surface area (TPSA) is 120 Å². The number of aromatic amines is 1. The van der Waals surface area contributed by atoms with Crippen LogP contribution >= 0.6 is 0 Å². The number of hydrogen-bond donors (Lipinski definition) is 3. The van der Waals surface area contributed by atoms with Crippen LogP contribution in [-0.4, -0.2) is 63.0 Å². The Bertz CT molecular complexity index is 1510. The molecule has 37 heavy (non-hydrogen) atoms. The van der Waals surface area contributed by atoms with Crippen LogP contribution in [0.25, 0.3) is 33.5 Å². The van der Waals surface area contributed by atoms with Gasteiger partial charge in [-0.1, -0.05) is 6.07 Å². The number of carbonyl (C=O) groups excluding carboxylic acids is 2. The van der Waals surface area contributed by atoms with Crippen molar-refractivity contribution in [1.82, 2.24) is 25.2 Å². The number of aromatic nitrogens is 3. The van der Waals surface area contributed by atoms with E-state index in [9.17, 15) is 14.7 Å². The Balaban J connectivity index is 1.21. The number of nitrogens with one attached hydrogen (secondary N) is 2. The van der Waals surface area contributed by atoms with Gasteiger partial charge in [0.15, 0.2) is 0 Å². The number of fused-ring (bicyclic) bond motifs is 1. The minimum absolute atomic E-state index is 0.0787. The number of aromatic hydroxyl groups is 1. The molecule has 2 amide bonds. The molecule has 3 N–H and O–H groups in total. The van der Waals surface area contributed by atoms with Gasteiger partial charge in [-0.25, -0.2) is 9.97 Å². The SMILES string of the molecule is COc1ncccc1-c1ccc(O)c(-c2nc3ccc(C(=O)NCC4CC(=O)N(C5CC5)C4)cc3[nH]2)c1. The molecule has 1 saturated carbocycles. The van der Waals surface area contributed by atoms with E-state index in [1.807, 2.05) is 23.1 Å². The summed E-state index contributed by atoms with van der Waals surface area (Å²) < 4.78 is 5.38. The van der Waals surface area contributed by atoms with Gasteiger partial charge in [0, 0.05) is 48.8 Å². The first-order valence-corrected chi connectivity index (χ1v) is 12.4. The number of amides is 2. The second kappa shape index (κ2) is 9.24. The number of likely N-dealkylation sites (tertiary alicyclic amines) is 1. The summed E-state index contributed by atoms with van der Waals surface area (Å²) in [5.41, 5.74) is 4.01. The third-order valence-corrected chi connectivity index (χ3v) is 7.05. The first-order valence-electron chi connectivity index (χ1n) is 12.4. The number of benzene rings is 2. The minimum Gasteiger partial charge on any atom is -0.507 e. The Morgan fingerprint density at radius 3 is 2.86 bits per heavy atom. The van der Waals surface area contributed by atoms with Gasteiger partial charge in [0.05, 0.1) is 23.7 Å². The highest BCUT2D eigenvalue weighted by molar-refractivity contribution is 5.98. The lowest BCUT2D eigenvalue weighted by molar-refractivity contribution is -0.128. The number of methoxy groups -OCH3 is 1. The Kier molecular flexibility index (Phi) is 5.75. The first kappa shape index (κ1) is 23.0. The van der Waals surface area contributed by atoms with E-state index in [1.54, 1.807) is 43.6 Å². The summed E-state index contributed by atoms with van der Waals surface area (Å²) in [6.07, 6.45) is 4.34. The van der Waals surface area contributed by atoms with Crippen LogP contribution in [0.3, 0.4) is 0 Å². The van der Waals surface area contributed by atoms with E-state index in [0.29, 0.717) is 52.9 Å². The molecule has 0 bridgehead atoms. The highest BCUT2D eigenvalue weighted by atomic mass is 16.5. The fourth-order valence-corrected chi connectivity index (χ4v) is 4.97. The second-order valence-corrected chi connectivity index (χ2v) is 9.67. The second-order valence-electron chi connectivity index (χ2n) is 9.67. The molecule has 2 fully saturated rings. The lowest BCUT2D eigenvalue weighted by atomic mass is 10.0. The molecule has 0 radical (unpaired) electrons. The van der Waals surface area contributed by atoms with Crippen molar-refractivity contribution in [1.29, 1.82) is 0 Å². The lowest BCUT2D eigenvalue weighted by Crippen LogP contribution is -2.32. The van der Waals surface area contributed by atoms with Crippen molar-refractivity contribution < 1.29 is 19.4 Å². The Hall–Kier alpha value is -4.40. The predicted octanol–water partition coefficient (Wildman–Crippen LogP) is 3.75. The fraction of sp³-hybridized carbons (Fsp3) is 0.286. The van der Waals surface area contributed by atoms with Crippen molar-refractivity contribution in [3.8, 4) is 34.1 Å². The van der Waals surface area contributed by atoms with Gasteiger partial charge < -0.3 is 25.0 Å². The summed E-state index contributed by atoms with van der Waals surface area (Å²) in [4.78, 5) is 39.1. The van der Waals surface area contributed by atoms with Crippen molar-refractivity contribution in [3.05, 3.63) is 60.3 Å². The summed E-state index contributed by atoms with van der Waals surface area (Å²) in [6, 6.07) is 14.6. The van der Waals surface area contributed by atoms with Gasteiger partial charge in [0.1, 0.15) is 11.6 Å². The summed E-state index contributed by atoms with van der Waals surface area (Å²) in [5.74, 6) is 1.20. The highest BCUT2D eigenvalue weighted by Gasteiger charge is 2.39. The molecular formula is C28H27N5O4. The number of rotatable bonds is 7. The molecule has 3 heterocycles. The zero-order valence-electron chi connectivity index (χ0n) is 20.4. The number of hydrogen-bond acceptors (Lipinski definition) is 6. The van der Waals surface area contributed by atoms with Crippen LogP contribution in [0.1, 0.15) is 29.6 Å². The smallest absolute Gasteiger partial charge is 0.251 e. The molecule has 9 nitrogen and oxygen atoms in total. The molecule has 2 aliphatic rings. The molecule has 4 aromatic rings. The normalized spacial score (nSPS) is 17.4. The van der Waals surface area contributed by atoms with Crippen LogP contribution < -0.4 is 10.1 Å². The molecule has 2 aromatic heterocycles. The van der Waals surface area contributed by atoms with E-state index in [-0.39, 0.29) is 23.5 Å². The van der Waals surface area contributed by atoms with Gasteiger partial charge in [-0.3, -0.25) is 9.59 Å². The van der Waals surface area contributed by atoms with Gasteiger partial charge in [-0.15, -0.1) is 0 Å². The number of phenolic OH excluding ortho intramolecular Hbond substituents is 1. The van der Waals surface area contributed by atoms with Crippen LogP contribution in [0.4, 0.5) is 0 Å². The number of phenols is 1. The van der Waals surface area contributed by atoms with E-state index < -0.39 is 0 Å². The number of imidazole rings is 1. The van der Waals surface area contributed by atoms with Crippen molar-refractivity contribution in [2.45, 2.75) is 25.3 Å². The number of H-pyrrole nitrogens is 1. The average molecular weight is 498 g/mol. The molecule has 6 rings (SSSR count). The molecule has 9 heteroatoms. The van der Waals surface area contributed by atoms with Gasteiger partial charge in [-0.2, -0.15) is 0 Å². The van der Waals surface area contributed by atoms with Gasteiger partial charge in [0.25, 0.3) is 5.91 Å². The number of carbonyl (C=O) groups is 2. The lowest BCUT2D eigenvalue weighted by Gasteiger charge is -2.15. The Labute approximate surface area is 213 Å². The summed E-state index contributed by atoms with van der Waals surface area (Å²) in [6.45, 7) is 1.19. The molecule has 0 spiro atoms. The largest absolute Gasteiger partial charge is 0.507 e. The molecule has 1 aliphatic heterocycles. The maximum atomic E-state index is 12.8. The van der Waals surface area contributed by atoms with E-state index >= 15 is 0 Å². The Morgan fingerprint density at radius 2 is 2.05 bits per heavy atom. The van der Waals surface area contributed by atoms with E-state index in [1.165, 1.54) is 0 Å². The molecule has 1 unspecified atom stereocenters. The molecule has 1 aliphatic carbocycles. The standard InChI is InChI=1S/C28H27N5O4/c1-37-28-20(3-2-10-29-28)17-5-9-24(34)21(12-17)26-31-22-8-4-18(13-23(22)32-26)27(36)30-14-16-11-25(35)33(15-16)19-6-7-19/h2-5,8-10,12-13,16,19,34H,6-7,11,14-15H2,1H3,(H,30,36)(H,31,32). The predicted molar refractivity (Wildman–Crippen MR) is 138 cm³/mol. The van der Waals surface area contributed by atoms with Crippen molar-refractivity contribution in [3.63, 3.8) is 0 Å². The van der Waals surface area contributed by atoms with Crippen molar-refractivity contribution in [2.75, 3.05) is 20.2 Å². The van der Waals surface area contributed by atoms with Crippen LogP contribution in [0, 0.1) is 5.92 Å². The third kappa shape index (κ3) is 4.48. The minimum atomic E-state index is -0.191. The number of ether oxygens (including phenoxy) is 1. The third-order valence-electron chi connectivity index (χ3n) is 7.05. The van der Waals surface area contributed by atoms with Crippen molar-refractivity contribution in [2.24, 2.45) is 5.92 Å². The van der Waals surface area contributed by atoms with Crippen LogP contribution in [0.2, 0.25) is 0 Å². The van der Waals surface area contributed by atoms with E-state index in [4.69, 9.17) is 4.74 Å². The fourth-order valence-electron chi connectivity index (χ4n) is 4.97. The zero-order valence-corrected chi connectivity index (χ0v) is 20.4. The average Bonchev–Trinajstić information content (AvgIpc) is 3.56. The first-order chi connectivity index (χ1) is 18.0. The van der Waals surface area contributed by atoms with Crippen LogP contribution in [-0.2, 0) is 4.79 Å².